The average Bonchev–Trinajstić information content (AvgIpc) is 2.65. The molecule has 2 aliphatic heterocycles. The lowest BCUT2D eigenvalue weighted by Gasteiger charge is -2.42. The molecule has 0 N–H and O–H groups in total. The predicted octanol–water partition coefficient (Wildman–Crippen LogP) is 3.57. The first-order valence-electron chi connectivity index (χ1n) is 9.44. The maximum atomic E-state index is 13.2. The number of nitrogens with zero attached hydrogens (tertiary/aromatic N) is 2. The zero-order valence-electron chi connectivity index (χ0n) is 15.6. The number of carbonyl (C=O) groups excluding carboxylic acids is 2. The van der Waals surface area contributed by atoms with Gasteiger partial charge in [0, 0.05) is 25.6 Å². The van der Waals surface area contributed by atoms with Gasteiger partial charge in [-0.15, -0.1) is 0 Å². The van der Waals surface area contributed by atoms with Crippen molar-refractivity contribution >= 4 is 11.8 Å². The van der Waals surface area contributed by atoms with E-state index >= 15 is 0 Å². The predicted molar refractivity (Wildman–Crippen MR) is 94.8 cm³/mol. The number of halogens is 3. The van der Waals surface area contributed by atoms with Crippen LogP contribution in [-0.4, -0.2) is 47.4 Å². The molecule has 0 bridgehead atoms. The Morgan fingerprint density at radius 2 is 1.70 bits per heavy atom. The molecule has 0 saturated carbocycles. The van der Waals surface area contributed by atoms with Gasteiger partial charge in [-0.05, 0) is 36.3 Å². The Morgan fingerprint density at radius 1 is 1.07 bits per heavy atom. The molecule has 1 saturated heterocycles. The fourth-order valence-corrected chi connectivity index (χ4v) is 4.31. The molecule has 0 aromatic heterocycles. The molecule has 148 valence electrons. The third-order valence-electron chi connectivity index (χ3n) is 5.62. The van der Waals surface area contributed by atoms with E-state index < -0.39 is 12.1 Å². The molecule has 2 heterocycles. The highest BCUT2D eigenvalue weighted by Gasteiger charge is 2.44. The Kier molecular flexibility index (Phi) is 5.49. The van der Waals surface area contributed by atoms with Crippen molar-refractivity contribution in [3.8, 4) is 0 Å². The van der Waals surface area contributed by atoms with Crippen molar-refractivity contribution in [1.82, 2.24) is 9.80 Å². The summed E-state index contributed by atoms with van der Waals surface area (Å²) in [5, 5.41) is 0. The van der Waals surface area contributed by atoms with E-state index in [4.69, 9.17) is 0 Å². The summed E-state index contributed by atoms with van der Waals surface area (Å²) in [4.78, 5) is 27.2. The maximum Gasteiger partial charge on any atom is 0.471 e. The lowest BCUT2D eigenvalue weighted by Crippen LogP contribution is -2.50. The van der Waals surface area contributed by atoms with E-state index in [9.17, 15) is 22.8 Å². The van der Waals surface area contributed by atoms with Gasteiger partial charge in [0.2, 0.25) is 5.91 Å². The van der Waals surface area contributed by atoms with Gasteiger partial charge in [0.1, 0.15) is 0 Å². The highest BCUT2D eigenvalue weighted by atomic mass is 19.4. The largest absolute Gasteiger partial charge is 0.471 e. The van der Waals surface area contributed by atoms with Gasteiger partial charge >= 0.3 is 12.1 Å². The third kappa shape index (κ3) is 3.96. The monoisotopic (exact) mass is 382 g/mol. The van der Waals surface area contributed by atoms with E-state index in [0.717, 1.165) is 16.9 Å². The minimum atomic E-state index is -4.85. The Morgan fingerprint density at radius 3 is 2.30 bits per heavy atom. The van der Waals surface area contributed by atoms with Gasteiger partial charge in [-0.3, -0.25) is 9.59 Å². The maximum absolute atomic E-state index is 13.2. The highest BCUT2D eigenvalue weighted by Crippen LogP contribution is 2.37. The van der Waals surface area contributed by atoms with Crippen LogP contribution in [-0.2, 0) is 16.0 Å². The molecule has 0 spiro atoms. The van der Waals surface area contributed by atoms with Gasteiger partial charge in [-0.25, -0.2) is 0 Å². The summed E-state index contributed by atoms with van der Waals surface area (Å²) in [6.07, 6.45) is -3.50. The van der Waals surface area contributed by atoms with Gasteiger partial charge < -0.3 is 9.80 Å². The third-order valence-corrected chi connectivity index (χ3v) is 5.62. The summed E-state index contributed by atoms with van der Waals surface area (Å²) < 4.78 is 37.8. The molecule has 1 aromatic carbocycles. The number of amides is 2. The van der Waals surface area contributed by atoms with Gasteiger partial charge in [0.25, 0.3) is 0 Å². The number of likely N-dealkylation sites (tertiary alicyclic amines) is 1. The van der Waals surface area contributed by atoms with Crippen LogP contribution in [0.2, 0.25) is 0 Å². The number of hydrogen-bond acceptors (Lipinski definition) is 2. The van der Waals surface area contributed by atoms with E-state index in [0.29, 0.717) is 6.54 Å². The highest BCUT2D eigenvalue weighted by molar-refractivity contribution is 5.83. The first kappa shape index (κ1) is 19.7. The Hall–Kier alpha value is -2.05. The second kappa shape index (κ2) is 7.52. The van der Waals surface area contributed by atoms with Gasteiger partial charge in [-0.1, -0.05) is 38.1 Å². The van der Waals surface area contributed by atoms with Crippen molar-refractivity contribution < 1.29 is 22.8 Å². The SMILES string of the molecule is CC(C)C1c2ccccc2CCN1C(=O)C1CCN(C(=O)C(F)(F)F)CC1. The van der Waals surface area contributed by atoms with E-state index in [1.165, 1.54) is 5.56 Å². The van der Waals surface area contributed by atoms with Crippen molar-refractivity contribution in [2.45, 2.75) is 45.3 Å². The van der Waals surface area contributed by atoms with Crippen LogP contribution >= 0.6 is 0 Å². The summed E-state index contributed by atoms with van der Waals surface area (Å²) in [7, 11) is 0. The number of hydrogen-bond donors (Lipinski definition) is 0. The first-order chi connectivity index (χ1) is 12.7. The number of benzene rings is 1. The van der Waals surface area contributed by atoms with Crippen LogP contribution in [0.5, 0.6) is 0 Å². The minimum Gasteiger partial charge on any atom is -0.335 e. The van der Waals surface area contributed by atoms with Crippen LogP contribution < -0.4 is 0 Å². The lowest BCUT2D eigenvalue weighted by atomic mass is 9.84. The molecule has 0 radical (unpaired) electrons. The second-order valence-corrected chi connectivity index (χ2v) is 7.73. The second-order valence-electron chi connectivity index (χ2n) is 7.73. The molecule has 4 nitrogen and oxygen atoms in total. The van der Waals surface area contributed by atoms with E-state index in [1.54, 1.807) is 0 Å². The molecule has 7 heteroatoms. The molecule has 1 unspecified atom stereocenters. The van der Waals surface area contributed by atoms with Gasteiger partial charge in [0.15, 0.2) is 0 Å². The van der Waals surface area contributed by atoms with E-state index in [2.05, 4.69) is 26.0 Å². The number of carbonyl (C=O) groups is 2. The number of alkyl halides is 3. The standard InChI is InChI=1S/C20H25F3N2O2/c1-13(2)17-16-6-4-3-5-14(16)9-12-25(17)18(26)15-7-10-24(11-8-15)19(27)20(21,22)23/h3-6,13,15,17H,7-12H2,1-2H3. The van der Waals surface area contributed by atoms with Crippen molar-refractivity contribution in [2.24, 2.45) is 11.8 Å². The van der Waals surface area contributed by atoms with Crippen molar-refractivity contribution in [3.05, 3.63) is 35.4 Å². The fourth-order valence-electron chi connectivity index (χ4n) is 4.31. The topological polar surface area (TPSA) is 40.6 Å². The summed E-state index contributed by atoms with van der Waals surface area (Å²) in [5.74, 6) is -1.89. The smallest absolute Gasteiger partial charge is 0.335 e. The first-order valence-corrected chi connectivity index (χ1v) is 9.44. The Balaban J connectivity index is 1.70. The van der Waals surface area contributed by atoms with Crippen LogP contribution in [0.4, 0.5) is 13.2 Å². The van der Waals surface area contributed by atoms with Crippen LogP contribution in [0.1, 0.15) is 43.9 Å². The zero-order chi connectivity index (χ0) is 19.8. The molecular weight excluding hydrogens is 357 g/mol. The number of fused-ring (bicyclic) bond motifs is 1. The van der Waals surface area contributed by atoms with E-state index in [1.807, 2.05) is 17.0 Å². The fraction of sp³-hybridized carbons (Fsp3) is 0.600. The summed E-state index contributed by atoms with van der Waals surface area (Å²) in [5.41, 5.74) is 2.42. The average molecular weight is 382 g/mol. The number of rotatable bonds is 2. The minimum absolute atomic E-state index is 0.00214. The van der Waals surface area contributed by atoms with Crippen LogP contribution in [0.3, 0.4) is 0 Å². The van der Waals surface area contributed by atoms with Crippen molar-refractivity contribution in [1.29, 1.82) is 0 Å². The Labute approximate surface area is 157 Å². The van der Waals surface area contributed by atoms with Crippen molar-refractivity contribution in [2.75, 3.05) is 19.6 Å². The van der Waals surface area contributed by atoms with Crippen LogP contribution in [0.15, 0.2) is 24.3 Å². The summed E-state index contributed by atoms with van der Waals surface area (Å²) in [6.45, 7) is 4.74. The zero-order valence-corrected chi connectivity index (χ0v) is 15.6. The molecule has 0 aliphatic carbocycles. The van der Waals surface area contributed by atoms with E-state index in [-0.39, 0.29) is 49.7 Å². The Bertz CT molecular complexity index is 709. The molecule has 1 atom stereocenters. The lowest BCUT2D eigenvalue weighted by molar-refractivity contribution is -0.187. The molecule has 1 aromatic rings. The van der Waals surface area contributed by atoms with Gasteiger partial charge in [-0.2, -0.15) is 13.2 Å². The molecule has 27 heavy (non-hydrogen) atoms. The number of piperidine rings is 1. The normalized spacial score (nSPS) is 21.3. The molecule has 2 amide bonds. The molecule has 1 fully saturated rings. The van der Waals surface area contributed by atoms with Crippen LogP contribution in [0, 0.1) is 11.8 Å². The van der Waals surface area contributed by atoms with Gasteiger partial charge in [0.05, 0.1) is 6.04 Å². The van der Waals surface area contributed by atoms with Crippen molar-refractivity contribution in [3.63, 3.8) is 0 Å². The summed E-state index contributed by atoms with van der Waals surface area (Å²) >= 11 is 0. The summed E-state index contributed by atoms with van der Waals surface area (Å²) in [6, 6.07) is 8.11. The molecule has 3 rings (SSSR count). The quantitative estimate of drug-likeness (QED) is 0.785. The molecule has 2 aliphatic rings. The van der Waals surface area contributed by atoms with Crippen LogP contribution in [0.25, 0.3) is 0 Å². The molecular formula is C20H25F3N2O2.